The summed E-state index contributed by atoms with van der Waals surface area (Å²) in [5.41, 5.74) is 0. The first-order valence-corrected chi connectivity index (χ1v) is 4.37. The molecule has 0 aromatic carbocycles. The molecule has 0 saturated carbocycles. The van der Waals surface area contributed by atoms with Crippen LogP contribution in [0.2, 0.25) is 0 Å². The van der Waals surface area contributed by atoms with Crippen LogP contribution in [0.15, 0.2) is 0 Å². The quantitative estimate of drug-likeness (QED) is 0.467. The summed E-state index contributed by atoms with van der Waals surface area (Å²) in [6, 6.07) is 0. The summed E-state index contributed by atoms with van der Waals surface area (Å²) >= 11 is 0. The molecule has 6 heteroatoms. The van der Waals surface area contributed by atoms with Gasteiger partial charge in [-0.3, -0.25) is 9.59 Å². The first-order valence-electron chi connectivity index (χ1n) is 4.37. The van der Waals surface area contributed by atoms with Crippen LogP contribution < -0.4 is 0 Å². The average molecular weight is 220 g/mol. The van der Waals surface area contributed by atoms with Crippen LogP contribution in [-0.2, 0) is 28.5 Å². The highest BCUT2D eigenvalue weighted by atomic mass is 16.7. The fourth-order valence-corrected chi connectivity index (χ4v) is 0.981. The lowest BCUT2D eigenvalue weighted by molar-refractivity contribution is -0.201. The zero-order chi connectivity index (χ0) is 11.8. The molecule has 0 rings (SSSR count). The molecule has 0 amide bonds. The highest BCUT2D eigenvalue weighted by Crippen LogP contribution is 2.06. The van der Waals surface area contributed by atoms with E-state index < -0.39 is 24.3 Å². The second-order valence-electron chi connectivity index (χ2n) is 2.79. The molecule has 0 heterocycles. The Morgan fingerprint density at radius 1 is 1.07 bits per heavy atom. The van der Waals surface area contributed by atoms with E-state index in [2.05, 4.69) is 0 Å². The van der Waals surface area contributed by atoms with Crippen molar-refractivity contribution in [1.82, 2.24) is 0 Å². The van der Waals surface area contributed by atoms with Gasteiger partial charge in [0.2, 0.25) is 0 Å². The highest BCUT2D eigenvalue weighted by Gasteiger charge is 2.25. The molecule has 0 radical (unpaired) electrons. The molecule has 0 bridgehead atoms. The number of hydrogen-bond donors (Lipinski definition) is 0. The van der Waals surface area contributed by atoms with E-state index in [-0.39, 0.29) is 6.61 Å². The normalized spacial score (nSPS) is 12.3. The van der Waals surface area contributed by atoms with Crippen molar-refractivity contribution >= 4 is 11.9 Å². The fourth-order valence-electron chi connectivity index (χ4n) is 0.981. The third-order valence-electron chi connectivity index (χ3n) is 1.54. The second-order valence-corrected chi connectivity index (χ2v) is 2.79. The Morgan fingerprint density at radius 3 is 1.93 bits per heavy atom. The van der Waals surface area contributed by atoms with Crippen molar-refractivity contribution in [2.45, 2.75) is 26.2 Å². The predicted molar refractivity (Wildman–Crippen MR) is 50.0 cm³/mol. The van der Waals surface area contributed by atoms with Crippen molar-refractivity contribution in [1.29, 1.82) is 0 Å². The maximum atomic E-state index is 10.8. The first kappa shape index (κ1) is 13.9. The van der Waals surface area contributed by atoms with Gasteiger partial charge in [-0.15, -0.1) is 0 Å². The first-order chi connectivity index (χ1) is 7.01. The van der Waals surface area contributed by atoms with Crippen LogP contribution in [-0.4, -0.2) is 45.2 Å². The standard InChI is InChI=1S/C9H16O6/c1-6(10)14-5-8(15-7(2)11)9(12-3)13-4/h8-9H,5H2,1-4H3. The van der Waals surface area contributed by atoms with E-state index in [0.29, 0.717) is 0 Å². The van der Waals surface area contributed by atoms with E-state index in [9.17, 15) is 9.59 Å². The average Bonchev–Trinajstić information content (AvgIpc) is 2.14. The van der Waals surface area contributed by atoms with Crippen molar-refractivity contribution in [3.63, 3.8) is 0 Å². The second kappa shape index (κ2) is 7.19. The van der Waals surface area contributed by atoms with Gasteiger partial charge in [-0.2, -0.15) is 0 Å². The summed E-state index contributed by atoms with van der Waals surface area (Å²) in [7, 11) is 2.80. The van der Waals surface area contributed by atoms with Crippen molar-refractivity contribution in [3.8, 4) is 0 Å². The van der Waals surface area contributed by atoms with Crippen LogP contribution >= 0.6 is 0 Å². The number of esters is 2. The zero-order valence-corrected chi connectivity index (χ0v) is 9.31. The van der Waals surface area contributed by atoms with Crippen LogP contribution in [0.3, 0.4) is 0 Å². The van der Waals surface area contributed by atoms with E-state index in [1.54, 1.807) is 0 Å². The molecule has 0 saturated heterocycles. The Labute approximate surface area is 88.4 Å². The largest absolute Gasteiger partial charge is 0.462 e. The summed E-state index contributed by atoms with van der Waals surface area (Å²) in [4.78, 5) is 21.4. The minimum Gasteiger partial charge on any atom is -0.462 e. The zero-order valence-electron chi connectivity index (χ0n) is 9.31. The van der Waals surface area contributed by atoms with Crippen molar-refractivity contribution in [3.05, 3.63) is 0 Å². The Bertz CT molecular complexity index is 211. The molecule has 0 aliphatic carbocycles. The van der Waals surface area contributed by atoms with Gasteiger partial charge in [0.15, 0.2) is 12.4 Å². The molecule has 0 aromatic rings. The van der Waals surface area contributed by atoms with E-state index in [0.717, 1.165) is 0 Å². The van der Waals surface area contributed by atoms with Gasteiger partial charge in [0.25, 0.3) is 0 Å². The number of methoxy groups -OCH3 is 2. The highest BCUT2D eigenvalue weighted by molar-refractivity contribution is 5.67. The fraction of sp³-hybridized carbons (Fsp3) is 0.778. The number of hydrogen-bond acceptors (Lipinski definition) is 6. The maximum absolute atomic E-state index is 10.8. The molecule has 1 atom stereocenters. The lowest BCUT2D eigenvalue weighted by Gasteiger charge is -2.23. The molecule has 0 aliphatic heterocycles. The molecule has 0 aromatic heterocycles. The molecule has 1 unspecified atom stereocenters. The topological polar surface area (TPSA) is 71.1 Å². The molecule has 0 aliphatic rings. The summed E-state index contributed by atoms with van der Waals surface area (Å²) in [6.45, 7) is 2.42. The van der Waals surface area contributed by atoms with E-state index in [1.807, 2.05) is 0 Å². The van der Waals surface area contributed by atoms with Crippen LogP contribution in [0.4, 0.5) is 0 Å². The molecular formula is C9H16O6. The number of ether oxygens (including phenoxy) is 4. The lowest BCUT2D eigenvalue weighted by Crippen LogP contribution is -2.38. The summed E-state index contributed by atoms with van der Waals surface area (Å²) in [5.74, 6) is -0.954. The maximum Gasteiger partial charge on any atom is 0.303 e. The number of carbonyl (C=O) groups is 2. The molecule has 0 N–H and O–H groups in total. The Kier molecular flexibility index (Phi) is 6.64. The number of rotatable bonds is 6. The van der Waals surface area contributed by atoms with E-state index >= 15 is 0 Å². The smallest absolute Gasteiger partial charge is 0.303 e. The summed E-state index contributed by atoms with van der Waals surface area (Å²) in [5, 5.41) is 0. The van der Waals surface area contributed by atoms with Crippen molar-refractivity contribution in [2.75, 3.05) is 20.8 Å². The Balaban J connectivity index is 4.27. The lowest BCUT2D eigenvalue weighted by atomic mass is 10.3. The van der Waals surface area contributed by atoms with Gasteiger partial charge in [-0.05, 0) is 0 Å². The van der Waals surface area contributed by atoms with Crippen LogP contribution in [0.25, 0.3) is 0 Å². The van der Waals surface area contributed by atoms with Gasteiger partial charge < -0.3 is 18.9 Å². The van der Waals surface area contributed by atoms with E-state index in [4.69, 9.17) is 18.9 Å². The van der Waals surface area contributed by atoms with Crippen LogP contribution in [0.1, 0.15) is 13.8 Å². The van der Waals surface area contributed by atoms with Gasteiger partial charge in [-0.25, -0.2) is 0 Å². The van der Waals surface area contributed by atoms with Gasteiger partial charge in [0.1, 0.15) is 6.61 Å². The summed E-state index contributed by atoms with van der Waals surface area (Å²) in [6.07, 6.45) is -1.52. The van der Waals surface area contributed by atoms with Crippen molar-refractivity contribution in [2.24, 2.45) is 0 Å². The number of carbonyl (C=O) groups excluding carboxylic acids is 2. The third-order valence-corrected chi connectivity index (χ3v) is 1.54. The molecule has 0 spiro atoms. The van der Waals surface area contributed by atoms with Crippen LogP contribution in [0.5, 0.6) is 0 Å². The molecule has 88 valence electrons. The summed E-state index contributed by atoms with van der Waals surface area (Å²) < 4.78 is 19.4. The van der Waals surface area contributed by atoms with Gasteiger partial charge in [0, 0.05) is 28.1 Å². The van der Waals surface area contributed by atoms with Gasteiger partial charge in [0.05, 0.1) is 0 Å². The minimum absolute atomic E-state index is 0.0960. The minimum atomic E-state index is -0.763. The molecular weight excluding hydrogens is 204 g/mol. The van der Waals surface area contributed by atoms with E-state index in [1.165, 1.54) is 28.1 Å². The Hall–Kier alpha value is -1.14. The Morgan fingerprint density at radius 2 is 1.60 bits per heavy atom. The third kappa shape index (κ3) is 6.03. The predicted octanol–water partition coefficient (Wildman–Crippen LogP) is 0.100. The SMILES string of the molecule is COC(OC)C(COC(C)=O)OC(C)=O. The molecule has 6 nitrogen and oxygen atoms in total. The van der Waals surface area contributed by atoms with Crippen molar-refractivity contribution < 1.29 is 28.5 Å². The van der Waals surface area contributed by atoms with Gasteiger partial charge in [-0.1, -0.05) is 0 Å². The molecule has 0 fully saturated rings. The van der Waals surface area contributed by atoms with Crippen LogP contribution in [0, 0.1) is 0 Å². The molecule has 15 heavy (non-hydrogen) atoms. The van der Waals surface area contributed by atoms with Gasteiger partial charge >= 0.3 is 11.9 Å². The monoisotopic (exact) mass is 220 g/mol.